The van der Waals surface area contributed by atoms with Crippen LogP contribution >= 0.6 is 0 Å². The summed E-state index contributed by atoms with van der Waals surface area (Å²) in [5, 5.41) is 0. The predicted octanol–water partition coefficient (Wildman–Crippen LogP) is 0.959. The SMILES string of the molecule is COC1CC[CH]C(=O)C1. The van der Waals surface area contributed by atoms with E-state index in [0.717, 1.165) is 12.8 Å². The Balaban J connectivity index is 2.32. The van der Waals surface area contributed by atoms with Gasteiger partial charge in [0.2, 0.25) is 0 Å². The van der Waals surface area contributed by atoms with Crippen LogP contribution in [0.3, 0.4) is 0 Å². The summed E-state index contributed by atoms with van der Waals surface area (Å²) < 4.78 is 5.02. The van der Waals surface area contributed by atoms with Crippen molar-refractivity contribution in [3.63, 3.8) is 0 Å². The first kappa shape index (κ1) is 6.75. The van der Waals surface area contributed by atoms with Crippen molar-refractivity contribution < 1.29 is 9.53 Å². The largest absolute Gasteiger partial charge is 0.381 e. The number of rotatable bonds is 1. The number of hydrogen-bond acceptors (Lipinski definition) is 2. The van der Waals surface area contributed by atoms with Gasteiger partial charge in [-0.15, -0.1) is 0 Å². The highest BCUT2D eigenvalue weighted by molar-refractivity contribution is 5.87. The van der Waals surface area contributed by atoms with Crippen molar-refractivity contribution in [3.05, 3.63) is 6.42 Å². The second-order valence-corrected chi connectivity index (χ2v) is 2.31. The lowest BCUT2D eigenvalue weighted by Gasteiger charge is -2.18. The second-order valence-electron chi connectivity index (χ2n) is 2.31. The van der Waals surface area contributed by atoms with Gasteiger partial charge in [-0.2, -0.15) is 0 Å². The zero-order valence-corrected chi connectivity index (χ0v) is 5.59. The minimum atomic E-state index is 0.183. The summed E-state index contributed by atoms with van der Waals surface area (Å²) in [5.41, 5.74) is 0. The Labute approximate surface area is 55.2 Å². The molecule has 1 rings (SSSR count). The van der Waals surface area contributed by atoms with Crippen molar-refractivity contribution in [3.8, 4) is 0 Å². The quantitative estimate of drug-likeness (QED) is 0.524. The van der Waals surface area contributed by atoms with E-state index in [4.69, 9.17) is 4.74 Å². The number of Topliss-reactive ketones (excluding diaryl/α,β-unsaturated/α-hetero) is 1. The van der Waals surface area contributed by atoms with E-state index in [1.54, 1.807) is 13.5 Å². The summed E-state index contributed by atoms with van der Waals surface area (Å²) in [6.07, 6.45) is 4.40. The van der Waals surface area contributed by atoms with Crippen LogP contribution in [-0.2, 0) is 9.53 Å². The van der Waals surface area contributed by atoms with Gasteiger partial charge < -0.3 is 4.74 Å². The molecule has 0 aromatic heterocycles. The number of ether oxygens (including phenoxy) is 1. The Kier molecular flexibility index (Phi) is 2.22. The van der Waals surface area contributed by atoms with Crippen molar-refractivity contribution in [1.82, 2.24) is 0 Å². The molecule has 0 aliphatic heterocycles. The molecule has 1 atom stereocenters. The van der Waals surface area contributed by atoms with E-state index in [1.165, 1.54) is 0 Å². The van der Waals surface area contributed by atoms with Crippen LogP contribution in [0, 0.1) is 6.42 Å². The van der Waals surface area contributed by atoms with E-state index in [9.17, 15) is 4.79 Å². The maximum absolute atomic E-state index is 10.7. The van der Waals surface area contributed by atoms with Gasteiger partial charge in [0.25, 0.3) is 0 Å². The van der Waals surface area contributed by atoms with Crippen LogP contribution in [0.2, 0.25) is 0 Å². The summed E-state index contributed by atoms with van der Waals surface area (Å²) in [6, 6.07) is 0. The van der Waals surface area contributed by atoms with Gasteiger partial charge in [-0.05, 0) is 12.8 Å². The third-order valence-corrected chi connectivity index (χ3v) is 1.62. The minimum Gasteiger partial charge on any atom is -0.381 e. The molecule has 0 N–H and O–H groups in total. The Morgan fingerprint density at radius 2 is 2.56 bits per heavy atom. The zero-order valence-electron chi connectivity index (χ0n) is 5.59. The summed E-state index contributed by atoms with van der Waals surface area (Å²) in [6.45, 7) is 0. The molecule has 1 fully saturated rings. The molecular formula is C7H11O2. The Hall–Kier alpha value is -0.370. The molecule has 1 unspecified atom stereocenters. The predicted molar refractivity (Wildman–Crippen MR) is 34.0 cm³/mol. The molecule has 0 spiro atoms. The van der Waals surface area contributed by atoms with Crippen molar-refractivity contribution in [1.29, 1.82) is 0 Å². The van der Waals surface area contributed by atoms with Crippen LogP contribution in [0.25, 0.3) is 0 Å². The fourth-order valence-electron chi connectivity index (χ4n) is 1.04. The molecule has 2 heteroatoms. The molecule has 1 saturated carbocycles. The van der Waals surface area contributed by atoms with Crippen LogP contribution in [0.4, 0.5) is 0 Å². The van der Waals surface area contributed by atoms with E-state index >= 15 is 0 Å². The molecule has 0 aromatic rings. The smallest absolute Gasteiger partial charge is 0.139 e. The molecule has 51 valence electrons. The summed E-state index contributed by atoms with van der Waals surface area (Å²) in [5.74, 6) is 0.230. The number of carbonyl (C=O) groups is 1. The first-order valence-electron chi connectivity index (χ1n) is 3.22. The van der Waals surface area contributed by atoms with Gasteiger partial charge in [-0.1, -0.05) is 0 Å². The third kappa shape index (κ3) is 1.79. The molecule has 1 radical (unpaired) electrons. The van der Waals surface area contributed by atoms with Crippen molar-refractivity contribution in [2.24, 2.45) is 0 Å². The molecule has 0 bridgehead atoms. The molecule has 1 aliphatic rings. The highest BCUT2D eigenvalue weighted by Gasteiger charge is 2.18. The van der Waals surface area contributed by atoms with E-state index in [2.05, 4.69) is 0 Å². The summed E-state index contributed by atoms with van der Waals surface area (Å²) in [4.78, 5) is 10.7. The maximum atomic E-state index is 10.7. The minimum absolute atomic E-state index is 0.183. The molecular weight excluding hydrogens is 116 g/mol. The summed E-state index contributed by atoms with van der Waals surface area (Å²) in [7, 11) is 1.66. The van der Waals surface area contributed by atoms with Crippen LogP contribution in [0.1, 0.15) is 19.3 Å². The van der Waals surface area contributed by atoms with Gasteiger partial charge in [0, 0.05) is 20.0 Å². The van der Waals surface area contributed by atoms with Gasteiger partial charge in [0.15, 0.2) is 0 Å². The van der Waals surface area contributed by atoms with Crippen LogP contribution in [-0.4, -0.2) is 19.0 Å². The molecule has 0 amide bonds. The average Bonchev–Trinajstić information content (AvgIpc) is 1.88. The van der Waals surface area contributed by atoms with Crippen molar-refractivity contribution >= 4 is 5.78 Å². The van der Waals surface area contributed by atoms with E-state index < -0.39 is 0 Å². The number of methoxy groups -OCH3 is 1. The molecule has 0 saturated heterocycles. The van der Waals surface area contributed by atoms with Gasteiger partial charge in [0.1, 0.15) is 5.78 Å². The standard InChI is InChI=1S/C7H11O2/c1-9-7-4-2-3-6(8)5-7/h3,7H,2,4-5H2,1H3. The van der Waals surface area contributed by atoms with Gasteiger partial charge in [-0.3, -0.25) is 4.79 Å². The third-order valence-electron chi connectivity index (χ3n) is 1.62. The van der Waals surface area contributed by atoms with Gasteiger partial charge in [-0.25, -0.2) is 0 Å². The molecule has 0 heterocycles. The Bertz CT molecular complexity index is 109. The fourth-order valence-corrected chi connectivity index (χ4v) is 1.04. The van der Waals surface area contributed by atoms with Crippen molar-refractivity contribution in [2.45, 2.75) is 25.4 Å². The van der Waals surface area contributed by atoms with E-state index in [1.807, 2.05) is 0 Å². The number of hydrogen-bond donors (Lipinski definition) is 0. The zero-order chi connectivity index (χ0) is 6.69. The monoisotopic (exact) mass is 127 g/mol. The van der Waals surface area contributed by atoms with Crippen LogP contribution in [0.5, 0.6) is 0 Å². The highest BCUT2D eigenvalue weighted by Crippen LogP contribution is 2.15. The first-order valence-corrected chi connectivity index (χ1v) is 3.22. The van der Waals surface area contributed by atoms with E-state index in [-0.39, 0.29) is 11.9 Å². The lowest BCUT2D eigenvalue weighted by atomic mass is 9.97. The van der Waals surface area contributed by atoms with Crippen LogP contribution in [0.15, 0.2) is 0 Å². The van der Waals surface area contributed by atoms with E-state index in [0.29, 0.717) is 6.42 Å². The fraction of sp³-hybridized carbons (Fsp3) is 0.714. The first-order chi connectivity index (χ1) is 4.33. The lowest BCUT2D eigenvalue weighted by Crippen LogP contribution is -2.21. The lowest BCUT2D eigenvalue weighted by molar-refractivity contribution is -0.119. The molecule has 0 aromatic carbocycles. The summed E-state index contributed by atoms with van der Waals surface area (Å²) >= 11 is 0. The van der Waals surface area contributed by atoms with Gasteiger partial charge >= 0.3 is 0 Å². The molecule has 1 aliphatic carbocycles. The molecule has 9 heavy (non-hydrogen) atoms. The topological polar surface area (TPSA) is 26.3 Å². The normalized spacial score (nSPS) is 28.6. The average molecular weight is 127 g/mol. The van der Waals surface area contributed by atoms with Crippen molar-refractivity contribution in [2.75, 3.05) is 7.11 Å². The highest BCUT2D eigenvalue weighted by atomic mass is 16.5. The van der Waals surface area contributed by atoms with Gasteiger partial charge in [0.05, 0.1) is 6.10 Å². The van der Waals surface area contributed by atoms with Crippen LogP contribution < -0.4 is 0 Å². The maximum Gasteiger partial charge on any atom is 0.139 e. The number of carbonyl (C=O) groups excluding carboxylic acids is 1. The number of ketones is 1. The Morgan fingerprint density at radius 3 is 3.00 bits per heavy atom. The second kappa shape index (κ2) is 2.97. The molecule has 2 nitrogen and oxygen atoms in total. The Morgan fingerprint density at radius 1 is 1.78 bits per heavy atom.